The first-order valence-electron chi connectivity index (χ1n) is 38.0. The number of carboxylic acids is 1. The number of allylic oxidation sites excluding steroid dienone is 18. The average molecular weight is 1270 g/mol. The van der Waals surface area contributed by atoms with Gasteiger partial charge in [-0.15, -0.1) is 0 Å². The number of esters is 2. The number of aliphatic carboxylic acids is 1. The van der Waals surface area contributed by atoms with Crippen LogP contribution in [0.5, 0.6) is 0 Å². The Balaban J connectivity index is 4.09. The number of hydrogen-bond acceptors (Lipinski definition) is 8. The van der Waals surface area contributed by atoms with Crippen molar-refractivity contribution >= 4 is 17.9 Å². The van der Waals surface area contributed by atoms with Crippen LogP contribution in [0.1, 0.15) is 335 Å². The molecule has 2 unspecified atom stereocenters. The van der Waals surface area contributed by atoms with Crippen molar-refractivity contribution in [2.75, 3.05) is 47.5 Å². The summed E-state index contributed by atoms with van der Waals surface area (Å²) in [5, 5.41) is 11.8. The third kappa shape index (κ3) is 73.2. The van der Waals surface area contributed by atoms with Gasteiger partial charge in [0.15, 0.2) is 12.4 Å². The summed E-state index contributed by atoms with van der Waals surface area (Å²) in [4.78, 5) is 37.6. The molecule has 0 aromatic carbocycles. The number of hydrogen-bond donors (Lipinski definition) is 0. The van der Waals surface area contributed by atoms with Gasteiger partial charge in [0.2, 0.25) is 0 Å². The topological polar surface area (TPSA) is 111 Å². The van der Waals surface area contributed by atoms with E-state index in [2.05, 4.69) is 123 Å². The highest BCUT2D eigenvalue weighted by atomic mass is 16.7. The quantitative estimate of drug-likeness (QED) is 0.0195. The maximum Gasteiger partial charge on any atom is 0.306 e. The van der Waals surface area contributed by atoms with E-state index in [9.17, 15) is 19.5 Å². The normalized spacial score (nSPS) is 13.3. The summed E-state index contributed by atoms with van der Waals surface area (Å²) in [5.74, 6) is -2.30. The number of ether oxygens (including phenoxy) is 4. The third-order valence-corrected chi connectivity index (χ3v) is 16.5. The molecule has 0 radical (unpaired) electrons. The molecule has 91 heavy (non-hydrogen) atoms. The molecule has 0 fully saturated rings. The van der Waals surface area contributed by atoms with Crippen molar-refractivity contribution in [2.24, 2.45) is 0 Å². The number of unbranched alkanes of at least 4 members (excludes halogenated alkanes) is 37. The molecule has 0 N–H and O–H groups in total. The van der Waals surface area contributed by atoms with Crippen LogP contribution in [0.25, 0.3) is 0 Å². The van der Waals surface area contributed by atoms with Gasteiger partial charge >= 0.3 is 11.9 Å². The summed E-state index contributed by atoms with van der Waals surface area (Å²) < 4.78 is 22.8. The lowest BCUT2D eigenvalue weighted by atomic mass is 10.0. The zero-order valence-electron chi connectivity index (χ0n) is 59.9. The van der Waals surface area contributed by atoms with Gasteiger partial charge in [0, 0.05) is 12.8 Å². The zero-order valence-corrected chi connectivity index (χ0v) is 59.9. The van der Waals surface area contributed by atoms with Gasteiger partial charge in [-0.25, -0.2) is 0 Å². The molecule has 0 bridgehead atoms. The summed E-state index contributed by atoms with van der Waals surface area (Å²) in [6.07, 6.45) is 97.7. The number of likely N-dealkylation sites (N-methyl/N-ethyl adjacent to an activating group) is 1. The van der Waals surface area contributed by atoms with Crippen LogP contribution in [0.3, 0.4) is 0 Å². The predicted octanol–water partition coefficient (Wildman–Crippen LogP) is 22.8. The van der Waals surface area contributed by atoms with Crippen molar-refractivity contribution in [3.63, 3.8) is 0 Å². The van der Waals surface area contributed by atoms with E-state index in [4.69, 9.17) is 18.9 Å². The molecule has 9 heteroatoms. The molecular weight excluding hydrogens is 1130 g/mol. The minimum absolute atomic E-state index is 0.141. The van der Waals surface area contributed by atoms with Crippen molar-refractivity contribution in [2.45, 2.75) is 347 Å². The van der Waals surface area contributed by atoms with Crippen molar-refractivity contribution in [3.05, 3.63) is 109 Å². The molecule has 0 heterocycles. The Morgan fingerprint density at radius 3 is 0.945 bits per heavy atom. The lowest BCUT2D eigenvalue weighted by Gasteiger charge is -2.26. The Bertz CT molecular complexity index is 1870. The molecule has 0 aromatic heterocycles. The number of carbonyl (C=O) groups excluding carboxylic acids is 3. The number of carbonyl (C=O) groups is 3. The van der Waals surface area contributed by atoms with Gasteiger partial charge in [0.1, 0.15) is 13.2 Å². The molecule has 0 spiro atoms. The molecule has 524 valence electrons. The van der Waals surface area contributed by atoms with Crippen LogP contribution >= 0.6 is 0 Å². The summed E-state index contributed by atoms with van der Waals surface area (Å²) in [6.45, 7) is 4.65. The minimum atomic E-state index is -1.63. The van der Waals surface area contributed by atoms with E-state index in [0.29, 0.717) is 17.4 Å². The highest BCUT2D eigenvalue weighted by Crippen LogP contribution is 2.18. The first-order chi connectivity index (χ1) is 44.6. The molecule has 0 amide bonds. The molecule has 0 saturated heterocycles. The standard InChI is InChI=1S/C82H143NO8/c1-6-8-10-12-14-16-18-20-22-24-26-28-30-32-34-36-38-39-40-41-43-44-46-48-50-52-54-56-58-60-62-64-66-68-70-72-79(84)89-76-78(77-90-82(81(86)87)88-75-74-83(3,4)5)91-80(85)73-71-69-67-65-63-61-59-57-55-53-51-49-47-45-42-37-35-33-31-29-27-25-23-21-19-17-15-13-11-9-7-2/h9,11,15,17,21,23-24,26-27,29,33,35,42,45,49,51,55,57,78,82H,6-8,10,12-14,16,18-20,22,25,28,30-32,34,36-41,43-44,46-48,50,52-54,56,58-77H2,1-5H3/b11-9-,17-15-,23-21-,26-24-,29-27-,35-33-,45-42-,51-49-,57-55-. The second-order valence-corrected chi connectivity index (χ2v) is 26.6. The summed E-state index contributed by atoms with van der Waals surface area (Å²) in [6, 6.07) is 0. The second-order valence-electron chi connectivity index (χ2n) is 26.6. The van der Waals surface area contributed by atoms with E-state index >= 15 is 0 Å². The summed E-state index contributed by atoms with van der Waals surface area (Å²) in [7, 11) is 5.93. The van der Waals surface area contributed by atoms with E-state index in [1.807, 2.05) is 21.1 Å². The summed E-state index contributed by atoms with van der Waals surface area (Å²) in [5.41, 5.74) is 0. The Morgan fingerprint density at radius 2 is 0.626 bits per heavy atom. The smallest absolute Gasteiger partial charge is 0.306 e. The molecule has 0 aliphatic carbocycles. The number of carboxylic acid groups (broad SMARTS) is 1. The average Bonchev–Trinajstić information content (AvgIpc) is 3.65. The molecule has 9 nitrogen and oxygen atoms in total. The van der Waals surface area contributed by atoms with E-state index in [0.717, 1.165) is 109 Å². The Morgan fingerprint density at radius 1 is 0.341 bits per heavy atom. The number of rotatable bonds is 70. The first kappa shape index (κ1) is 87.0. The van der Waals surface area contributed by atoms with Crippen LogP contribution in [0, 0.1) is 0 Å². The van der Waals surface area contributed by atoms with E-state index in [-0.39, 0.29) is 38.6 Å². The fourth-order valence-electron chi connectivity index (χ4n) is 10.7. The molecule has 0 aliphatic heterocycles. The van der Waals surface area contributed by atoms with Crippen LogP contribution in [-0.2, 0) is 33.3 Å². The van der Waals surface area contributed by atoms with Gasteiger partial charge in [-0.2, -0.15) is 0 Å². The molecule has 0 aliphatic rings. The zero-order chi connectivity index (χ0) is 66.1. The monoisotopic (exact) mass is 1270 g/mol. The van der Waals surface area contributed by atoms with Crippen LogP contribution in [0.2, 0.25) is 0 Å². The molecular formula is C82H143NO8. The lowest BCUT2D eigenvalue weighted by Crippen LogP contribution is -2.44. The second kappa shape index (κ2) is 71.8. The largest absolute Gasteiger partial charge is 0.545 e. The van der Waals surface area contributed by atoms with Crippen molar-refractivity contribution in [3.8, 4) is 0 Å². The fraction of sp³-hybridized carbons (Fsp3) is 0.744. The Hall–Kier alpha value is -4.05. The van der Waals surface area contributed by atoms with E-state index in [1.54, 1.807) is 0 Å². The molecule has 0 rings (SSSR count). The highest BCUT2D eigenvalue weighted by Gasteiger charge is 2.22. The first-order valence-corrected chi connectivity index (χ1v) is 38.0. The molecule has 0 aromatic rings. The number of nitrogens with zero attached hydrogens (tertiary/aromatic N) is 1. The Labute approximate surface area is 562 Å². The van der Waals surface area contributed by atoms with Gasteiger partial charge < -0.3 is 33.3 Å². The van der Waals surface area contributed by atoms with Gasteiger partial charge in [-0.3, -0.25) is 9.59 Å². The van der Waals surface area contributed by atoms with Gasteiger partial charge in [-0.1, -0.05) is 329 Å². The fourth-order valence-corrected chi connectivity index (χ4v) is 10.7. The van der Waals surface area contributed by atoms with E-state index < -0.39 is 24.3 Å². The van der Waals surface area contributed by atoms with Crippen LogP contribution < -0.4 is 5.11 Å². The SMILES string of the molecule is CC/C=C\C/C=C\C/C=C\C/C=C\C/C=C\C/C=C\C/C=C\C/C=C\CCCCCCCCC(=O)OC(COC(=O)CCCCCCCCCCCCCCCCCCCCCCCCC/C=C\CCCCCCCCCC)COC(OCC[N+](C)(C)C)C(=O)[O-]. The predicted molar refractivity (Wildman–Crippen MR) is 389 cm³/mol. The summed E-state index contributed by atoms with van der Waals surface area (Å²) >= 11 is 0. The molecule has 2 atom stereocenters. The van der Waals surface area contributed by atoms with Crippen LogP contribution in [0.15, 0.2) is 109 Å². The third-order valence-electron chi connectivity index (χ3n) is 16.5. The van der Waals surface area contributed by atoms with Gasteiger partial charge in [0.25, 0.3) is 0 Å². The molecule has 0 saturated carbocycles. The van der Waals surface area contributed by atoms with Gasteiger partial charge in [-0.05, 0) is 103 Å². The van der Waals surface area contributed by atoms with Crippen molar-refractivity contribution < 1.29 is 42.9 Å². The lowest BCUT2D eigenvalue weighted by molar-refractivity contribution is -0.870. The number of quaternary nitrogens is 1. The van der Waals surface area contributed by atoms with E-state index in [1.165, 1.54) is 193 Å². The minimum Gasteiger partial charge on any atom is -0.545 e. The van der Waals surface area contributed by atoms with Crippen molar-refractivity contribution in [1.82, 2.24) is 0 Å². The Kier molecular flexibility index (Phi) is 68.6. The maximum absolute atomic E-state index is 12.9. The van der Waals surface area contributed by atoms with Crippen LogP contribution in [-0.4, -0.2) is 82.3 Å². The highest BCUT2D eigenvalue weighted by molar-refractivity contribution is 5.70. The maximum atomic E-state index is 12.9. The van der Waals surface area contributed by atoms with Crippen LogP contribution in [0.4, 0.5) is 0 Å². The van der Waals surface area contributed by atoms with Gasteiger partial charge in [0.05, 0.1) is 40.3 Å². The van der Waals surface area contributed by atoms with Crippen molar-refractivity contribution in [1.29, 1.82) is 0 Å².